The normalized spacial score (nSPS) is 9.54. The molecule has 0 bridgehead atoms. The highest BCUT2D eigenvalue weighted by molar-refractivity contribution is 5.84. The zero-order valence-electron chi connectivity index (χ0n) is 6.61. The molecule has 0 atom stereocenters. The molecule has 1 aromatic heterocycles. The van der Waals surface area contributed by atoms with Crippen molar-refractivity contribution in [3.05, 3.63) is 23.7 Å². The smallest absolute Gasteiger partial charge is 0.371 e. The van der Waals surface area contributed by atoms with Gasteiger partial charge in [0.05, 0.1) is 6.54 Å². The second kappa shape index (κ2) is 3.61. The Labute approximate surface area is 73.3 Å². The van der Waals surface area contributed by atoms with Crippen molar-refractivity contribution >= 4 is 12.0 Å². The summed E-state index contributed by atoms with van der Waals surface area (Å²) in [5.74, 6) is -0.970. The number of urea groups is 1. The second-order valence-electron chi connectivity index (χ2n) is 2.29. The lowest BCUT2D eigenvalue weighted by Gasteiger charge is -1.96. The Kier molecular flexibility index (Phi) is 2.53. The highest BCUT2D eigenvalue weighted by atomic mass is 16.4. The number of rotatable bonds is 3. The van der Waals surface area contributed by atoms with Gasteiger partial charge in [0.15, 0.2) is 0 Å². The number of hydrogen-bond acceptors (Lipinski definition) is 3. The number of nitrogens with two attached hydrogens (primary N) is 1. The predicted molar refractivity (Wildman–Crippen MR) is 42.1 cm³/mol. The van der Waals surface area contributed by atoms with Crippen LogP contribution in [0.5, 0.6) is 0 Å². The van der Waals surface area contributed by atoms with Crippen molar-refractivity contribution in [2.24, 2.45) is 5.73 Å². The minimum atomic E-state index is -1.15. The Morgan fingerprint density at radius 2 is 2.23 bits per heavy atom. The van der Waals surface area contributed by atoms with Crippen LogP contribution < -0.4 is 11.1 Å². The summed E-state index contributed by atoms with van der Waals surface area (Å²) < 4.78 is 4.83. The van der Waals surface area contributed by atoms with Gasteiger partial charge in [-0.15, -0.1) is 0 Å². The van der Waals surface area contributed by atoms with Gasteiger partial charge in [0.1, 0.15) is 5.76 Å². The van der Waals surface area contributed by atoms with Crippen molar-refractivity contribution in [1.29, 1.82) is 0 Å². The van der Waals surface area contributed by atoms with Gasteiger partial charge in [-0.05, 0) is 12.1 Å². The van der Waals surface area contributed by atoms with Crippen LogP contribution in [0.3, 0.4) is 0 Å². The van der Waals surface area contributed by atoms with Crippen LogP contribution in [0.1, 0.15) is 16.3 Å². The van der Waals surface area contributed by atoms with E-state index in [2.05, 4.69) is 5.32 Å². The third-order valence-electron chi connectivity index (χ3n) is 1.31. The summed E-state index contributed by atoms with van der Waals surface area (Å²) in [5.41, 5.74) is 4.80. The van der Waals surface area contributed by atoms with E-state index in [1.54, 1.807) is 0 Å². The van der Waals surface area contributed by atoms with Crippen molar-refractivity contribution < 1.29 is 19.1 Å². The molecule has 1 rings (SSSR count). The summed E-state index contributed by atoms with van der Waals surface area (Å²) in [4.78, 5) is 20.6. The van der Waals surface area contributed by atoms with Gasteiger partial charge in [-0.2, -0.15) is 0 Å². The standard InChI is InChI=1S/C7H8N2O4/c8-7(12)9-3-4-1-2-5(13-4)6(10)11/h1-2H,3H2,(H,10,11)(H3,8,9,12). The van der Waals surface area contributed by atoms with Gasteiger partial charge in [-0.3, -0.25) is 0 Å². The van der Waals surface area contributed by atoms with Gasteiger partial charge in [0.25, 0.3) is 0 Å². The Morgan fingerprint density at radius 3 is 2.69 bits per heavy atom. The summed E-state index contributed by atoms with van der Waals surface area (Å²) in [6.07, 6.45) is 0. The third kappa shape index (κ3) is 2.51. The number of amides is 2. The molecule has 0 saturated carbocycles. The molecule has 0 fully saturated rings. The van der Waals surface area contributed by atoms with Crippen LogP contribution in [0, 0.1) is 0 Å². The first-order chi connectivity index (χ1) is 6.09. The van der Waals surface area contributed by atoms with E-state index in [0.717, 1.165) is 0 Å². The minimum Gasteiger partial charge on any atom is -0.475 e. The highest BCUT2D eigenvalue weighted by Gasteiger charge is 2.08. The molecule has 0 radical (unpaired) electrons. The van der Waals surface area contributed by atoms with Gasteiger partial charge in [0.2, 0.25) is 5.76 Å². The summed E-state index contributed by atoms with van der Waals surface area (Å²) in [5, 5.41) is 10.7. The number of carboxylic acids is 1. The van der Waals surface area contributed by atoms with Crippen molar-refractivity contribution in [3.63, 3.8) is 0 Å². The third-order valence-corrected chi connectivity index (χ3v) is 1.31. The molecule has 0 aliphatic carbocycles. The van der Waals surface area contributed by atoms with Gasteiger partial charge in [-0.1, -0.05) is 0 Å². The fraction of sp³-hybridized carbons (Fsp3) is 0.143. The highest BCUT2D eigenvalue weighted by Crippen LogP contribution is 2.06. The molecule has 6 nitrogen and oxygen atoms in total. The predicted octanol–water partition coefficient (Wildman–Crippen LogP) is 0.146. The van der Waals surface area contributed by atoms with Crippen LogP contribution in [-0.2, 0) is 6.54 Å². The summed E-state index contributed by atoms with van der Waals surface area (Å²) >= 11 is 0. The molecule has 0 aromatic carbocycles. The molecule has 1 heterocycles. The van der Waals surface area contributed by atoms with E-state index in [4.69, 9.17) is 15.3 Å². The molecule has 0 aliphatic rings. The van der Waals surface area contributed by atoms with E-state index in [-0.39, 0.29) is 12.3 Å². The lowest BCUT2D eigenvalue weighted by atomic mass is 10.4. The Morgan fingerprint density at radius 1 is 1.54 bits per heavy atom. The van der Waals surface area contributed by atoms with E-state index in [1.807, 2.05) is 0 Å². The molecular formula is C7H8N2O4. The number of furan rings is 1. The van der Waals surface area contributed by atoms with E-state index < -0.39 is 12.0 Å². The van der Waals surface area contributed by atoms with Gasteiger partial charge in [-0.25, -0.2) is 9.59 Å². The zero-order chi connectivity index (χ0) is 9.84. The van der Waals surface area contributed by atoms with Crippen LogP contribution in [0.2, 0.25) is 0 Å². The lowest BCUT2D eigenvalue weighted by Crippen LogP contribution is -2.28. The van der Waals surface area contributed by atoms with Gasteiger partial charge >= 0.3 is 12.0 Å². The molecule has 0 saturated heterocycles. The van der Waals surface area contributed by atoms with Gasteiger partial charge < -0.3 is 20.6 Å². The Bertz CT molecular complexity index is 331. The Balaban J connectivity index is 2.59. The first-order valence-corrected chi connectivity index (χ1v) is 3.45. The van der Waals surface area contributed by atoms with Gasteiger partial charge in [0, 0.05) is 0 Å². The lowest BCUT2D eigenvalue weighted by molar-refractivity contribution is 0.0660. The second-order valence-corrected chi connectivity index (χ2v) is 2.29. The minimum absolute atomic E-state index is 0.0859. The number of carbonyl (C=O) groups is 2. The number of hydrogen-bond donors (Lipinski definition) is 3. The summed E-state index contributed by atoms with van der Waals surface area (Å²) in [6.45, 7) is 0.0859. The fourth-order valence-electron chi connectivity index (χ4n) is 0.762. The summed E-state index contributed by atoms with van der Waals surface area (Å²) in [7, 11) is 0. The largest absolute Gasteiger partial charge is 0.475 e. The molecule has 13 heavy (non-hydrogen) atoms. The first kappa shape index (κ1) is 9.11. The van der Waals surface area contributed by atoms with Crippen LogP contribution >= 0.6 is 0 Å². The van der Waals surface area contributed by atoms with E-state index in [1.165, 1.54) is 12.1 Å². The maximum absolute atomic E-state index is 10.3. The molecule has 4 N–H and O–H groups in total. The summed E-state index contributed by atoms with van der Waals surface area (Å²) in [6, 6.07) is 2.08. The van der Waals surface area contributed by atoms with E-state index >= 15 is 0 Å². The topological polar surface area (TPSA) is 106 Å². The maximum Gasteiger partial charge on any atom is 0.371 e. The van der Waals surface area contributed by atoms with E-state index in [0.29, 0.717) is 5.76 Å². The van der Waals surface area contributed by atoms with Crippen molar-refractivity contribution in [1.82, 2.24) is 5.32 Å². The molecule has 0 aliphatic heterocycles. The molecule has 0 spiro atoms. The molecular weight excluding hydrogens is 176 g/mol. The molecule has 1 aromatic rings. The monoisotopic (exact) mass is 184 g/mol. The number of aromatic carboxylic acids is 1. The molecule has 2 amide bonds. The molecule has 0 unspecified atom stereocenters. The SMILES string of the molecule is NC(=O)NCc1ccc(C(=O)O)o1. The van der Waals surface area contributed by atoms with Crippen LogP contribution in [0.4, 0.5) is 4.79 Å². The number of nitrogens with one attached hydrogen (secondary N) is 1. The van der Waals surface area contributed by atoms with Crippen LogP contribution in [-0.4, -0.2) is 17.1 Å². The number of primary amides is 1. The fourth-order valence-corrected chi connectivity index (χ4v) is 0.762. The average molecular weight is 184 g/mol. The number of carboxylic acid groups (broad SMARTS) is 1. The molecule has 6 heteroatoms. The van der Waals surface area contributed by atoms with Crippen LogP contribution in [0.15, 0.2) is 16.5 Å². The van der Waals surface area contributed by atoms with Crippen molar-refractivity contribution in [2.45, 2.75) is 6.54 Å². The van der Waals surface area contributed by atoms with Crippen molar-refractivity contribution in [2.75, 3.05) is 0 Å². The van der Waals surface area contributed by atoms with Crippen LogP contribution in [0.25, 0.3) is 0 Å². The Hall–Kier alpha value is -1.98. The zero-order valence-corrected chi connectivity index (χ0v) is 6.61. The van der Waals surface area contributed by atoms with E-state index in [9.17, 15) is 9.59 Å². The average Bonchev–Trinajstić information content (AvgIpc) is 2.48. The quantitative estimate of drug-likeness (QED) is 0.621. The molecule has 70 valence electrons. The van der Waals surface area contributed by atoms with Crippen molar-refractivity contribution in [3.8, 4) is 0 Å². The first-order valence-electron chi connectivity index (χ1n) is 3.45. The number of carbonyl (C=O) groups excluding carboxylic acids is 1. The maximum atomic E-state index is 10.3.